The summed E-state index contributed by atoms with van der Waals surface area (Å²) in [5, 5.41) is 5.32. The number of nitrogens with zero attached hydrogens (tertiary/aromatic N) is 1. The summed E-state index contributed by atoms with van der Waals surface area (Å²) >= 11 is 1.76. The molecule has 1 unspecified atom stereocenters. The SMILES string of the molecule is CNCCC(Oc1ccccc1CN(C)C)c1cccs1. The number of hydrogen-bond acceptors (Lipinski definition) is 4. The Balaban J connectivity index is 2.16. The molecule has 0 radical (unpaired) electrons. The molecule has 0 fully saturated rings. The van der Waals surface area contributed by atoms with E-state index in [0.717, 1.165) is 25.3 Å². The molecule has 4 heteroatoms. The summed E-state index contributed by atoms with van der Waals surface area (Å²) in [7, 11) is 6.13. The van der Waals surface area contributed by atoms with Gasteiger partial charge in [0.2, 0.25) is 0 Å². The van der Waals surface area contributed by atoms with Gasteiger partial charge >= 0.3 is 0 Å². The number of ether oxygens (including phenoxy) is 1. The van der Waals surface area contributed by atoms with E-state index >= 15 is 0 Å². The van der Waals surface area contributed by atoms with E-state index in [1.54, 1.807) is 11.3 Å². The third-order valence-electron chi connectivity index (χ3n) is 3.25. The molecule has 114 valence electrons. The van der Waals surface area contributed by atoms with Crippen LogP contribution in [0.15, 0.2) is 41.8 Å². The van der Waals surface area contributed by atoms with Crippen molar-refractivity contribution in [2.75, 3.05) is 27.7 Å². The van der Waals surface area contributed by atoms with Gasteiger partial charge in [-0.2, -0.15) is 0 Å². The Morgan fingerprint density at radius 2 is 2.00 bits per heavy atom. The average molecular weight is 304 g/mol. The van der Waals surface area contributed by atoms with Gasteiger partial charge in [0.05, 0.1) is 0 Å². The Kier molecular flexibility index (Phi) is 6.23. The van der Waals surface area contributed by atoms with Crippen LogP contribution in [0.1, 0.15) is 23.0 Å². The molecular weight excluding hydrogens is 280 g/mol. The van der Waals surface area contributed by atoms with Crippen LogP contribution >= 0.6 is 11.3 Å². The Labute approximate surface area is 131 Å². The van der Waals surface area contributed by atoms with Crippen LogP contribution in [-0.4, -0.2) is 32.6 Å². The van der Waals surface area contributed by atoms with E-state index in [2.05, 4.69) is 60.0 Å². The molecule has 1 heterocycles. The van der Waals surface area contributed by atoms with Gasteiger partial charge in [-0.25, -0.2) is 0 Å². The van der Waals surface area contributed by atoms with Crippen LogP contribution in [0.4, 0.5) is 0 Å². The minimum Gasteiger partial charge on any atom is -0.485 e. The lowest BCUT2D eigenvalue weighted by Crippen LogP contribution is -2.17. The molecule has 0 amide bonds. The lowest BCUT2D eigenvalue weighted by atomic mass is 10.1. The third-order valence-corrected chi connectivity index (χ3v) is 4.21. The van der Waals surface area contributed by atoms with E-state index in [4.69, 9.17) is 4.74 Å². The van der Waals surface area contributed by atoms with Crippen LogP contribution in [0.3, 0.4) is 0 Å². The maximum absolute atomic E-state index is 6.34. The highest BCUT2D eigenvalue weighted by Gasteiger charge is 2.16. The summed E-state index contributed by atoms with van der Waals surface area (Å²) in [5.74, 6) is 0.987. The van der Waals surface area contributed by atoms with Crippen molar-refractivity contribution in [3.8, 4) is 5.75 Å². The molecule has 0 aliphatic rings. The number of hydrogen-bond donors (Lipinski definition) is 1. The molecule has 0 saturated carbocycles. The maximum Gasteiger partial charge on any atom is 0.134 e. The summed E-state index contributed by atoms with van der Waals surface area (Å²) in [5.41, 5.74) is 1.23. The molecular formula is C17H24N2OS. The number of thiophene rings is 1. The zero-order valence-corrected chi connectivity index (χ0v) is 13.8. The average Bonchev–Trinajstić information content (AvgIpc) is 2.98. The van der Waals surface area contributed by atoms with Crippen LogP contribution in [0.25, 0.3) is 0 Å². The van der Waals surface area contributed by atoms with Crippen molar-refractivity contribution < 1.29 is 4.74 Å². The first-order valence-electron chi connectivity index (χ1n) is 7.28. The Morgan fingerprint density at radius 1 is 1.19 bits per heavy atom. The van der Waals surface area contributed by atoms with E-state index in [9.17, 15) is 0 Å². The smallest absolute Gasteiger partial charge is 0.134 e. The molecule has 0 bridgehead atoms. The van der Waals surface area contributed by atoms with Crippen molar-refractivity contribution in [2.24, 2.45) is 0 Å². The van der Waals surface area contributed by atoms with E-state index in [1.165, 1.54) is 10.4 Å². The molecule has 0 aliphatic carbocycles. The van der Waals surface area contributed by atoms with Gasteiger partial charge in [0.25, 0.3) is 0 Å². The second-order valence-electron chi connectivity index (χ2n) is 5.36. The number of nitrogens with one attached hydrogen (secondary N) is 1. The molecule has 21 heavy (non-hydrogen) atoms. The van der Waals surface area contributed by atoms with E-state index in [1.807, 2.05) is 13.1 Å². The Bertz CT molecular complexity index is 525. The lowest BCUT2D eigenvalue weighted by Gasteiger charge is -2.21. The van der Waals surface area contributed by atoms with Crippen LogP contribution in [-0.2, 0) is 6.54 Å². The van der Waals surface area contributed by atoms with Gasteiger partial charge in [-0.05, 0) is 45.2 Å². The first kappa shape index (κ1) is 16.0. The second kappa shape index (κ2) is 8.17. The first-order valence-corrected chi connectivity index (χ1v) is 8.16. The highest BCUT2D eigenvalue weighted by Crippen LogP contribution is 2.30. The van der Waals surface area contributed by atoms with Crippen LogP contribution in [0, 0.1) is 0 Å². The minimum absolute atomic E-state index is 0.112. The number of benzene rings is 1. The van der Waals surface area contributed by atoms with Crippen LogP contribution in [0.5, 0.6) is 5.75 Å². The molecule has 0 aliphatic heterocycles. The normalized spacial score (nSPS) is 12.6. The zero-order chi connectivity index (χ0) is 15.1. The Morgan fingerprint density at radius 3 is 2.67 bits per heavy atom. The highest BCUT2D eigenvalue weighted by molar-refractivity contribution is 7.10. The van der Waals surface area contributed by atoms with Gasteiger partial charge in [0.15, 0.2) is 0 Å². The molecule has 2 rings (SSSR count). The van der Waals surface area contributed by atoms with Crippen molar-refractivity contribution >= 4 is 11.3 Å². The molecule has 1 N–H and O–H groups in total. The van der Waals surface area contributed by atoms with Crippen molar-refractivity contribution in [3.05, 3.63) is 52.2 Å². The van der Waals surface area contributed by atoms with E-state index in [0.29, 0.717) is 0 Å². The van der Waals surface area contributed by atoms with Crippen LogP contribution < -0.4 is 10.1 Å². The molecule has 1 atom stereocenters. The van der Waals surface area contributed by atoms with Crippen LogP contribution in [0.2, 0.25) is 0 Å². The topological polar surface area (TPSA) is 24.5 Å². The fourth-order valence-corrected chi connectivity index (χ4v) is 3.04. The summed E-state index contributed by atoms with van der Waals surface area (Å²) in [4.78, 5) is 3.44. The third kappa shape index (κ3) is 4.84. The fraction of sp³-hybridized carbons (Fsp3) is 0.412. The lowest BCUT2D eigenvalue weighted by molar-refractivity contribution is 0.194. The Hall–Kier alpha value is -1.36. The zero-order valence-electron chi connectivity index (χ0n) is 13.0. The quantitative estimate of drug-likeness (QED) is 0.807. The number of rotatable bonds is 8. The summed E-state index contributed by atoms with van der Waals surface area (Å²) in [6.07, 6.45) is 1.08. The maximum atomic E-state index is 6.34. The van der Waals surface area contributed by atoms with Crippen molar-refractivity contribution in [3.63, 3.8) is 0 Å². The second-order valence-corrected chi connectivity index (χ2v) is 6.34. The fourth-order valence-electron chi connectivity index (χ4n) is 2.25. The predicted octanol–water partition coefficient (Wildman–Crippen LogP) is 3.54. The minimum atomic E-state index is 0.112. The molecule has 1 aromatic heterocycles. The first-order chi connectivity index (χ1) is 10.2. The monoisotopic (exact) mass is 304 g/mol. The molecule has 1 aromatic carbocycles. The molecule has 2 aromatic rings. The molecule has 3 nitrogen and oxygen atoms in total. The van der Waals surface area contributed by atoms with Crippen molar-refractivity contribution in [1.29, 1.82) is 0 Å². The van der Waals surface area contributed by atoms with Gasteiger partial charge in [-0.1, -0.05) is 24.3 Å². The van der Waals surface area contributed by atoms with Gasteiger partial charge in [0.1, 0.15) is 11.9 Å². The molecule has 0 saturated heterocycles. The number of para-hydroxylation sites is 1. The van der Waals surface area contributed by atoms with Gasteiger partial charge < -0.3 is 15.0 Å². The van der Waals surface area contributed by atoms with Crippen molar-refractivity contribution in [1.82, 2.24) is 10.2 Å². The van der Waals surface area contributed by atoms with Gasteiger partial charge in [0, 0.05) is 23.4 Å². The van der Waals surface area contributed by atoms with Gasteiger partial charge in [-0.15, -0.1) is 11.3 Å². The summed E-state index contributed by atoms with van der Waals surface area (Å²) in [6, 6.07) is 12.6. The highest BCUT2D eigenvalue weighted by atomic mass is 32.1. The summed E-state index contributed by atoms with van der Waals surface area (Å²) in [6.45, 7) is 1.83. The standard InChI is InChI=1S/C17H24N2OS/c1-18-11-10-16(17-9-6-12-21-17)20-15-8-5-4-7-14(15)13-19(2)3/h4-9,12,16,18H,10-11,13H2,1-3H3. The molecule has 0 spiro atoms. The van der Waals surface area contributed by atoms with Crippen molar-refractivity contribution in [2.45, 2.75) is 19.1 Å². The predicted molar refractivity (Wildman–Crippen MR) is 90.1 cm³/mol. The van der Waals surface area contributed by atoms with E-state index < -0.39 is 0 Å². The van der Waals surface area contributed by atoms with Gasteiger partial charge in [-0.3, -0.25) is 0 Å². The largest absolute Gasteiger partial charge is 0.485 e. The van der Waals surface area contributed by atoms with E-state index in [-0.39, 0.29) is 6.10 Å². The summed E-state index contributed by atoms with van der Waals surface area (Å²) < 4.78 is 6.34.